The van der Waals surface area contributed by atoms with E-state index in [1.807, 2.05) is 19.9 Å². The molecule has 1 aromatic carbocycles. The van der Waals surface area contributed by atoms with Gasteiger partial charge in [-0.2, -0.15) is 5.10 Å². The van der Waals surface area contributed by atoms with Gasteiger partial charge in [0, 0.05) is 11.3 Å². The van der Waals surface area contributed by atoms with Gasteiger partial charge in [0.15, 0.2) is 17.3 Å². The van der Waals surface area contributed by atoms with Gasteiger partial charge in [0.25, 0.3) is 5.91 Å². The largest absolute Gasteiger partial charge is 0.454 e. The summed E-state index contributed by atoms with van der Waals surface area (Å²) < 4.78 is 12.3. The lowest BCUT2D eigenvalue weighted by molar-refractivity contribution is 0.102. The van der Waals surface area contributed by atoms with Gasteiger partial charge in [0.1, 0.15) is 0 Å². The van der Waals surface area contributed by atoms with Gasteiger partial charge >= 0.3 is 0 Å². The van der Waals surface area contributed by atoms with Gasteiger partial charge < -0.3 is 14.8 Å². The number of nitrogens with zero attached hydrogens (tertiary/aromatic N) is 3. The quantitative estimate of drug-likeness (QED) is 0.763. The molecule has 1 aliphatic heterocycles. The maximum Gasteiger partial charge on any atom is 0.255 e. The average molecular weight is 371 g/mol. The minimum absolute atomic E-state index is 0.0951. The van der Waals surface area contributed by atoms with Crippen LogP contribution in [0.5, 0.6) is 11.5 Å². The predicted molar refractivity (Wildman–Crippen MR) is 96.4 cm³/mol. The molecule has 2 aromatic heterocycles. The number of nitrogens with one attached hydrogen (secondary N) is 1. The van der Waals surface area contributed by atoms with Crippen molar-refractivity contribution in [1.82, 2.24) is 14.8 Å². The van der Waals surface area contributed by atoms with Gasteiger partial charge in [-0.1, -0.05) is 11.6 Å². The fraction of sp³-hybridized carbons (Fsp3) is 0.167. The molecule has 0 unspecified atom stereocenters. The fourth-order valence-corrected chi connectivity index (χ4v) is 3.01. The van der Waals surface area contributed by atoms with Gasteiger partial charge in [-0.15, -0.1) is 0 Å². The first kappa shape index (κ1) is 16.4. The molecule has 1 aliphatic rings. The van der Waals surface area contributed by atoms with Crippen molar-refractivity contribution < 1.29 is 14.3 Å². The van der Waals surface area contributed by atoms with Gasteiger partial charge in [-0.3, -0.25) is 4.79 Å². The lowest BCUT2D eigenvalue weighted by Crippen LogP contribution is -2.12. The van der Waals surface area contributed by atoms with Crippen LogP contribution < -0.4 is 14.8 Å². The van der Waals surface area contributed by atoms with Crippen LogP contribution in [-0.4, -0.2) is 27.5 Å². The van der Waals surface area contributed by atoms with Crippen molar-refractivity contribution in [1.29, 1.82) is 0 Å². The number of aromatic nitrogens is 3. The molecule has 3 aromatic rings. The number of carbonyl (C=O) groups excluding carboxylic acids is 1. The molecule has 4 rings (SSSR count). The first-order chi connectivity index (χ1) is 12.5. The fourth-order valence-electron chi connectivity index (χ4n) is 2.75. The van der Waals surface area contributed by atoms with Crippen molar-refractivity contribution in [2.24, 2.45) is 0 Å². The number of benzene rings is 1. The number of pyridine rings is 1. The molecule has 0 saturated heterocycles. The normalized spacial score (nSPS) is 12.3. The monoisotopic (exact) mass is 370 g/mol. The van der Waals surface area contributed by atoms with E-state index in [0.717, 1.165) is 11.4 Å². The van der Waals surface area contributed by atoms with Crippen LogP contribution in [0.3, 0.4) is 0 Å². The summed E-state index contributed by atoms with van der Waals surface area (Å²) in [5.41, 5.74) is 2.85. The third-order valence-corrected chi connectivity index (χ3v) is 4.20. The Morgan fingerprint density at radius 1 is 1.23 bits per heavy atom. The van der Waals surface area contributed by atoms with Crippen LogP contribution in [0.4, 0.5) is 5.69 Å². The zero-order valence-electron chi connectivity index (χ0n) is 14.1. The topological polar surface area (TPSA) is 78.3 Å². The molecule has 0 aliphatic carbocycles. The van der Waals surface area contributed by atoms with Gasteiger partial charge in [0.2, 0.25) is 6.79 Å². The lowest BCUT2D eigenvalue weighted by atomic mass is 10.2. The predicted octanol–water partition coefficient (Wildman–Crippen LogP) is 3.52. The number of hydrogen-bond acceptors (Lipinski definition) is 5. The highest BCUT2D eigenvalue weighted by atomic mass is 35.5. The number of fused-ring (bicyclic) bond motifs is 1. The molecule has 0 saturated carbocycles. The third kappa shape index (κ3) is 2.97. The second-order valence-electron chi connectivity index (χ2n) is 5.89. The summed E-state index contributed by atoms with van der Waals surface area (Å²) in [6.07, 6.45) is 1.58. The van der Waals surface area contributed by atoms with Crippen LogP contribution in [0.15, 0.2) is 36.5 Å². The highest BCUT2D eigenvalue weighted by molar-refractivity contribution is 6.32. The summed E-state index contributed by atoms with van der Waals surface area (Å²) in [6.45, 7) is 3.98. The highest BCUT2D eigenvalue weighted by Crippen LogP contribution is 2.39. The Hall–Kier alpha value is -3.06. The Balaban J connectivity index is 1.53. The summed E-state index contributed by atoms with van der Waals surface area (Å²) in [5, 5.41) is 7.51. The Bertz CT molecular complexity index is 998. The Kier molecular flexibility index (Phi) is 4.00. The summed E-state index contributed by atoms with van der Waals surface area (Å²) in [4.78, 5) is 16.8. The van der Waals surface area contributed by atoms with Crippen molar-refractivity contribution in [3.05, 3.63) is 58.5 Å². The maximum atomic E-state index is 12.5. The van der Waals surface area contributed by atoms with E-state index < -0.39 is 0 Å². The molecular weight excluding hydrogens is 356 g/mol. The molecule has 0 radical (unpaired) electrons. The number of ether oxygens (including phenoxy) is 2. The van der Waals surface area contributed by atoms with Crippen LogP contribution in [0.25, 0.3) is 5.82 Å². The number of rotatable bonds is 3. The number of hydrogen-bond donors (Lipinski definition) is 1. The van der Waals surface area contributed by atoms with Crippen molar-refractivity contribution >= 4 is 23.2 Å². The van der Waals surface area contributed by atoms with E-state index in [-0.39, 0.29) is 12.7 Å². The van der Waals surface area contributed by atoms with Crippen LogP contribution in [0.2, 0.25) is 5.02 Å². The van der Waals surface area contributed by atoms with Crippen LogP contribution in [0, 0.1) is 13.8 Å². The zero-order chi connectivity index (χ0) is 18.3. The second kappa shape index (κ2) is 6.34. The van der Waals surface area contributed by atoms with E-state index in [1.54, 1.807) is 35.1 Å². The molecule has 3 heterocycles. The maximum absolute atomic E-state index is 12.5. The standard InChI is InChI=1S/C18H15ClN4O3/c1-10-5-11(2)23(22-10)16-4-3-13(8-20-16)21-18(24)12-6-14(19)17-15(7-12)25-9-26-17/h3-8H,9H2,1-2H3,(H,21,24). The third-order valence-electron chi connectivity index (χ3n) is 3.92. The molecule has 132 valence electrons. The Labute approximate surface area is 154 Å². The SMILES string of the molecule is Cc1cc(C)n(-c2ccc(NC(=O)c3cc(Cl)c4c(c3)OCO4)cn2)n1. The van der Waals surface area contributed by atoms with Gasteiger partial charge in [-0.05, 0) is 44.2 Å². The first-order valence-electron chi connectivity index (χ1n) is 7.91. The number of carbonyl (C=O) groups is 1. The average Bonchev–Trinajstić information content (AvgIpc) is 3.22. The number of aryl methyl sites for hydroxylation is 2. The van der Waals surface area contributed by atoms with Crippen molar-refractivity contribution in [2.45, 2.75) is 13.8 Å². The summed E-state index contributed by atoms with van der Waals surface area (Å²) in [7, 11) is 0. The smallest absolute Gasteiger partial charge is 0.255 e. The molecule has 7 nitrogen and oxygen atoms in total. The van der Waals surface area contributed by atoms with Crippen molar-refractivity contribution in [3.8, 4) is 17.3 Å². The van der Waals surface area contributed by atoms with E-state index in [1.165, 1.54) is 0 Å². The minimum Gasteiger partial charge on any atom is -0.454 e. The molecule has 26 heavy (non-hydrogen) atoms. The molecule has 1 amide bonds. The van der Waals surface area contributed by atoms with E-state index in [0.29, 0.717) is 33.6 Å². The van der Waals surface area contributed by atoms with E-state index >= 15 is 0 Å². The molecule has 0 atom stereocenters. The first-order valence-corrected chi connectivity index (χ1v) is 8.29. The van der Waals surface area contributed by atoms with Crippen LogP contribution >= 0.6 is 11.6 Å². The van der Waals surface area contributed by atoms with Crippen LogP contribution in [0.1, 0.15) is 21.7 Å². The van der Waals surface area contributed by atoms with Gasteiger partial charge in [0.05, 0.1) is 22.6 Å². The Morgan fingerprint density at radius 3 is 2.77 bits per heavy atom. The number of amides is 1. The van der Waals surface area contributed by atoms with Gasteiger partial charge in [-0.25, -0.2) is 9.67 Å². The second-order valence-corrected chi connectivity index (χ2v) is 6.30. The molecule has 8 heteroatoms. The van der Waals surface area contributed by atoms with E-state index in [9.17, 15) is 4.79 Å². The van der Waals surface area contributed by atoms with Crippen LogP contribution in [-0.2, 0) is 0 Å². The van der Waals surface area contributed by atoms with E-state index in [2.05, 4.69) is 15.4 Å². The lowest BCUT2D eigenvalue weighted by Gasteiger charge is -2.08. The summed E-state index contributed by atoms with van der Waals surface area (Å²) in [6, 6.07) is 8.68. The minimum atomic E-state index is -0.314. The summed E-state index contributed by atoms with van der Waals surface area (Å²) >= 11 is 6.12. The molecule has 0 spiro atoms. The van der Waals surface area contributed by atoms with Crippen molar-refractivity contribution in [3.63, 3.8) is 0 Å². The number of halogens is 1. The summed E-state index contributed by atoms with van der Waals surface area (Å²) in [5.74, 6) is 1.28. The molecular formula is C18H15ClN4O3. The zero-order valence-corrected chi connectivity index (χ0v) is 14.9. The molecule has 0 fully saturated rings. The molecule has 1 N–H and O–H groups in total. The highest BCUT2D eigenvalue weighted by Gasteiger charge is 2.20. The van der Waals surface area contributed by atoms with E-state index in [4.69, 9.17) is 21.1 Å². The molecule has 0 bridgehead atoms. The van der Waals surface area contributed by atoms with Crippen molar-refractivity contribution in [2.75, 3.05) is 12.1 Å². The Morgan fingerprint density at radius 2 is 2.08 bits per heavy atom. The number of anilines is 1.